The van der Waals surface area contributed by atoms with E-state index in [0.29, 0.717) is 11.5 Å². The summed E-state index contributed by atoms with van der Waals surface area (Å²) in [5.41, 5.74) is -0.622. The summed E-state index contributed by atoms with van der Waals surface area (Å²) < 4.78 is 51.3. The van der Waals surface area contributed by atoms with Gasteiger partial charge in [0.15, 0.2) is 11.5 Å². The summed E-state index contributed by atoms with van der Waals surface area (Å²) in [7, 11) is 0. The number of imide groups is 2. The minimum atomic E-state index is -4.54. The van der Waals surface area contributed by atoms with Gasteiger partial charge in [0.1, 0.15) is 5.57 Å². The monoisotopic (exact) mass is 469 g/mol. The normalized spacial score (nSPS) is 16.9. The van der Waals surface area contributed by atoms with Crippen molar-refractivity contribution in [1.29, 1.82) is 0 Å². The lowest BCUT2D eigenvalue weighted by Gasteiger charge is -2.26. The Bertz CT molecular complexity index is 1380. The zero-order valence-corrected chi connectivity index (χ0v) is 17.1. The van der Waals surface area contributed by atoms with Crippen LogP contribution < -0.4 is 19.7 Å². The van der Waals surface area contributed by atoms with E-state index in [1.165, 1.54) is 53.2 Å². The van der Waals surface area contributed by atoms with Crippen molar-refractivity contribution in [2.75, 3.05) is 11.7 Å². The fourth-order valence-electron chi connectivity index (χ4n) is 3.64. The summed E-state index contributed by atoms with van der Waals surface area (Å²) in [4.78, 5) is 38.9. The number of carbonyl (C=O) groups excluding carboxylic acids is 3. The third-order valence-corrected chi connectivity index (χ3v) is 5.24. The standard InChI is InChI=1S/C23H14F3N3O5/c24-23(25,26)13-3-1-4-14(9-13)28-8-2-5-15(28)10-17-20(30)27-22(32)29(21(17)31)16-6-7-18-19(11-16)34-12-33-18/h1-11H,12H2,(H,27,30,32). The molecular weight excluding hydrogens is 455 g/mol. The molecule has 5 rings (SSSR count). The molecule has 2 aliphatic rings. The number of hydrogen-bond acceptors (Lipinski definition) is 5. The first kappa shape index (κ1) is 21.3. The van der Waals surface area contributed by atoms with Crippen LogP contribution in [0.2, 0.25) is 0 Å². The minimum Gasteiger partial charge on any atom is -0.454 e. The predicted octanol–water partition coefficient (Wildman–Crippen LogP) is 3.89. The first-order valence-electron chi connectivity index (χ1n) is 9.88. The van der Waals surface area contributed by atoms with Crippen molar-refractivity contribution in [2.24, 2.45) is 0 Å². The molecule has 0 atom stereocenters. The van der Waals surface area contributed by atoms with Gasteiger partial charge in [0, 0.05) is 23.6 Å². The SMILES string of the molecule is O=C1NC(=O)N(c2ccc3c(c2)OCO3)C(=O)C1=Cc1cccn1-c1cccc(C(F)(F)F)c1. The molecule has 8 nitrogen and oxygen atoms in total. The van der Waals surface area contributed by atoms with Crippen LogP contribution in [0.4, 0.5) is 23.7 Å². The molecule has 1 aromatic heterocycles. The number of alkyl halides is 3. The van der Waals surface area contributed by atoms with Crippen LogP contribution in [-0.4, -0.2) is 29.2 Å². The zero-order chi connectivity index (χ0) is 24.0. The highest BCUT2D eigenvalue weighted by Crippen LogP contribution is 2.36. The highest BCUT2D eigenvalue weighted by atomic mass is 19.4. The number of aromatic nitrogens is 1. The summed E-state index contributed by atoms with van der Waals surface area (Å²) in [6.07, 6.45) is -1.83. The molecule has 1 fully saturated rings. The lowest BCUT2D eigenvalue weighted by atomic mass is 10.1. The Morgan fingerprint density at radius 1 is 0.912 bits per heavy atom. The van der Waals surface area contributed by atoms with Gasteiger partial charge in [-0.05, 0) is 48.5 Å². The van der Waals surface area contributed by atoms with Gasteiger partial charge >= 0.3 is 12.2 Å². The van der Waals surface area contributed by atoms with Crippen LogP contribution in [-0.2, 0) is 15.8 Å². The third kappa shape index (κ3) is 3.66. The molecule has 2 aliphatic heterocycles. The van der Waals surface area contributed by atoms with Gasteiger partial charge in [-0.25, -0.2) is 9.69 Å². The second kappa shape index (κ2) is 7.80. The molecule has 0 aliphatic carbocycles. The van der Waals surface area contributed by atoms with E-state index in [4.69, 9.17) is 9.47 Å². The minimum absolute atomic E-state index is 0.00486. The first-order chi connectivity index (χ1) is 16.2. The summed E-state index contributed by atoms with van der Waals surface area (Å²) >= 11 is 0. The van der Waals surface area contributed by atoms with E-state index in [9.17, 15) is 27.6 Å². The van der Waals surface area contributed by atoms with Crippen LogP contribution in [0.1, 0.15) is 11.3 Å². The number of carbonyl (C=O) groups is 3. The quantitative estimate of drug-likeness (QED) is 0.465. The van der Waals surface area contributed by atoms with Gasteiger partial charge in [-0.1, -0.05) is 6.07 Å². The zero-order valence-electron chi connectivity index (χ0n) is 17.1. The number of nitrogens with one attached hydrogen (secondary N) is 1. The number of barbiturate groups is 1. The summed E-state index contributed by atoms with van der Waals surface area (Å²) in [5.74, 6) is -1.05. The van der Waals surface area contributed by atoms with E-state index < -0.39 is 29.6 Å². The van der Waals surface area contributed by atoms with Crippen molar-refractivity contribution in [1.82, 2.24) is 9.88 Å². The molecule has 1 saturated heterocycles. The van der Waals surface area contributed by atoms with Crippen molar-refractivity contribution in [3.05, 3.63) is 77.6 Å². The van der Waals surface area contributed by atoms with Gasteiger partial charge in [0.25, 0.3) is 11.8 Å². The molecule has 1 N–H and O–H groups in total. The Morgan fingerprint density at radius 2 is 1.71 bits per heavy atom. The van der Waals surface area contributed by atoms with Crippen LogP contribution in [0.25, 0.3) is 11.8 Å². The molecule has 34 heavy (non-hydrogen) atoms. The fraction of sp³-hybridized carbons (Fsp3) is 0.0870. The molecule has 0 radical (unpaired) electrons. The number of benzene rings is 2. The number of anilines is 1. The molecule has 0 bridgehead atoms. The molecule has 4 amide bonds. The van der Waals surface area contributed by atoms with E-state index in [1.807, 2.05) is 0 Å². The number of halogens is 3. The van der Waals surface area contributed by atoms with Gasteiger partial charge in [-0.15, -0.1) is 0 Å². The maximum absolute atomic E-state index is 13.2. The molecule has 3 heterocycles. The van der Waals surface area contributed by atoms with Gasteiger partial charge in [-0.3, -0.25) is 14.9 Å². The van der Waals surface area contributed by atoms with E-state index in [1.54, 1.807) is 6.07 Å². The number of rotatable bonds is 3. The average Bonchev–Trinajstić information content (AvgIpc) is 3.45. The maximum Gasteiger partial charge on any atom is 0.416 e. The molecule has 0 unspecified atom stereocenters. The van der Waals surface area contributed by atoms with Crippen molar-refractivity contribution < 1.29 is 37.0 Å². The number of ether oxygens (including phenoxy) is 2. The summed E-state index contributed by atoms with van der Waals surface area (Å²) in [6, 6.07) is 11.2. The van der Waals surface area contributed by atoms with Crippen LogP contribution in [0, 0.1) is 0 Å². The average molecular weight is 469 g/mol. The lowest BCUT2D eigenvalue weighted by molar-refractivity contribution is -0.137. The van der Waals surface area contributed by atoms with Crippen molar-refractivity contribution in [3.8, 4) is 17.2 Å². The van der Waals surface area contributed by atoms with Crippen LogP contribution in [0.3, 0.4) is 0 Å². The van der Waals surface area contributed by atoms with Crippen LogP contribution >= 0.6 is 0 Å². The Hall–Kier alpha value is -4.54. The topological polar surface area (TPSA) is 89.9 Å². The lowest BCUT2D eigenvalue weighted by Crippen LogP contribution is -2.54. The van der Waals surface area contributed by atoms with Crippen molar-refractivity contribution in [3.63, 3.8) is 0 Å². The molecule has 2 aromatic carbocycles. The first-order valence-corrected chi connectivity index (χ1v) is 9.88. The highest BCUT2D eigenvalue weighted by Gasteiger charge is 2.37. The number of amides is 4. The fourth-order valence-corrected chi connectivity index (χ4v) is 3.64. The van der Waals surface area contributed by atoms with Crippen LogP contribution in [0.5, 0.6) is 11.5 Å². The Balaban J connectivity index is 1.52. The molecular formula is C23H14F3N3O5. The molecule has 11 heteroatoms. The Morgan fingerprint density at radius 3 is 2.50 bits per heavy atom. The number of fused-ring (bicyclic) bond motifs is 1. The molecule has 3 aromatic rings. The highest BCUT2D eigenvalue weighted by molar-refractivity contribution is 6.39. The van der Waals surface area contributed by atoms with Crippen molar-refractivity contribution in [2.45, 2.75) is 6.18 Å². The summed E-state index contributed by atoms with van der Waals surface area (Å²) in [6.45, 7) is -0.00486. The number of hydrogen-bond donors (Lipinski definition) is 1. The maximum atomic E-state index is 13.2. The number of urea groups is 1. The predicted molar refractivity (Wildman–Crippen MR) is 112 cm³/mol. The van der Waals surface area contributed by atoms with Gasteiger partial charge in [-0.2, -0.15) is 13.2 Å². The number of nitrogens with zero attached hydrogens (tertiary/aromatic N) is 2. The van der Waals surface area contributed by atoms with Gasteiger partial charge in [0.05, 0.1) is 11.3 Å². The molecule has 172 valence electrons. The third-order valence-electron chi connectivity index (χ3n) is 5.24. The van der Waals surface area contributed by atoms with Crippen LogP contribution in [0.15, 0.2) is 66.4 Å². The second-order valence-corrected chi connectivity index (χ2v) is 7.35. The van der Waals surface area contributed by atoms with Gasteiger partial charge in [0.2, 0.25) is 6.79 Å². The summed E-state index contributed by atoms with van der Waals surface area (Å²) in [5, 5.41) is 2.11. The van der Waals surface area contributed by atoms with E-state index in [2.05, 4.69) is 5.32 Å². The van der Waals surface area contributed by atoms with E-state index in [0.717, 1.165) is 17.0 Å². The van der Waals surface area contributed by atoms with E-state index >= 15 is 0 Å². The largest absolute Gasteiger partial charge is 0.454 e. The Kier molecular flexibility index (Phi) is 4.89. The molecule has 0 saturated carbocycles. The molecule has 0 spiro atoms. The Labute approximate surface area is 189 Å². The van der Waals surface area contributed by atoms with E-state index in [-0.39, 0.29) is 29.4 Å². The smallest absolute Gasteiger partial charge is 0.416 e. The van der Waals surface area contributed by atoms with Crippen molar-refractivity contribution >= 4 is 29.6 Å². The van der Waals surface area contributed by atoms with Gasteiger partial charge < -0.3 is 14.0 Å². The second-order valence-electron chi connectivity index (χ2n) is 7.35.